The molecule has 2 rings (SSSR count). The summed E-state index contributed by atoms with van der Waals surface area (Å²) in [5.41, 5.74) is 6.32. The summed E-state index contributed by atoms with van der Waals surface area (Å²) in [7, 11) is 0. The van der Waals surface area contributed by atoms with Gasteiger partial charge in [0.25, 0.3) is 0 Å². The molecule has 0 amide bonds. The second-order valence-electron chi connectivity index (χ2n) is 5.31. The highest BCUT2D eigenvalue weighted by Crippen LogP contribution is 2.29. The van der Waals surface area contributed by atoms with E-state index in [4.69, 9.17) is 0 Å². The molecule has 1 heterocycles. The standard InChI is InChI=1S/C16H22N2S/c1-9-7-10(2)15(11(3)8-9)17-12(4)16-13(5)19-14(6)18-16/h7-8,12,17H,1-6H3. The Morgan fingerprint density at radius 2 is 1.63 bits per heavy atom. The van der Waals surface area contributed by atoms with Gasteiger partial charge in [-0.3, -0.25) is 0 Å². The molecular weight excluding hydrogens is 252 g/mol. The molecule has 0 spiro atoms. The third-order valence-corrected chi connectivity index (χ3v) is 4.29. The van der Waals surface area contributed by atoms with Gasteiger partial charge < -0.3 is 5.32 Å². The summed E-state index contributed by atoms with van der Waals surface area (Å²) in [6, 6.07) is 4.69. The molecule has 2 aromatic rings. The van der Waals surface area contributed by atoms with Gasteiger partial charge in [-0.25, -0.2) is 4.98 Å². The lowest BCUT2D eigenvalue weighted by molar-refractivity contribution is 0.833. The third-order valence-electron chi connectivity index (χ3n) is 3.39. The van der Waals surface area contributed by atoms with Crippen LogP contribution in [0.3, 0.4) is 0 Å². The van der Waals surface area contributed by atoms with Gasteiger partial charge in [0.2, 0.25) is 0 Å². The van der Waals surface area contributed by atoms with Crippen molar-refractivity contribution in [3.63, 3.8) is 0 Å². The molecule has 0 saturated carbocycles. The second-order valence-corrected chi connectivity index (χ2v) is 6.72. The smallest absolute Gasteiger partial charge is 0.0901 e. The molecule has 3 heteroatoms. The second kappa shape index (κ2) is 5.33. The van der Waals surface area contributed by atoms with Crippen LogP contribution in [0.4, 0.5) is 5.69 Å². The molecule has 1 N–H and O–H groups in total. The summed E-state index contributed by atoms with van der Waals surface area (Å²) in [6.45, 7) is 12.9. The highest BCUT2D eigenvalue weighted by molar-refractivity contribution is 7.11. The van der Waals surface area contributed by atoms with Crippen molar-refractivity contribution < 1.29 is 0 Å². The van der Waals surface area contributed by atoms with Crippen molar-refractivity contribution >= 4 is 17.0 Å². The lowest BCUT2D eigenvalue weighted by Crippen LogP contribution is -2.10. The first kappa shape index (κ1) is 14.1. The maximum absolute atomic E-state index is 4.64. The lowest BCUT2D eigenvalue weighted by atomic mass is 10.0. The molecule has 0 aliphatic carbocycles. The van der Waals surface area contributed by atoms with Gasteiger partial charge in [0.1, 0.15) is 0 Å². The fraction of sp³-hybridized carbons (Fsp3) is 0.438. The molecule has 1 atom stereocenters. The Kier molecular flexibility index (Phi) is 3.95. The number of benzene rings is 1. The molecule has 0 aliphatic heterocycles. The van der Waals surface area contributed by atoms with Crippen LogP contribution in [0.2, 0.25) is 0 Å². The van der Waals surface area contributed by atoms with Gasteiger partial charge in [0.05, 0.1) is 16.7 Å². The van der Waals surface area contributed by atoms with Crippen LogP contribution in [-0.4, -0.2) is 4.98 Å². The topological polar surface area (TPSA) is 24.9 Å². The summed E-state index contributed by atoms with van der Waals surface area (Å²) in [5.74, 6) is 0. The zero-order valence-electron chi connectivity index (χ0n) is 12.6. The minimum absolute atomic E-state index is 0.241. The Hall–Kier alpha value is -1.35. The number of thiazole rings is 1. The molecule has 1 unspecified atom stereocenters. The minimum Gasteiger partial charge on any atom is -0.376 e. The van der Waals surface area contributed by atoms with E-state index in [0.29, 0.717) is 0 Å². The number of aryl methyl sites for hydroxylation is 5. The molecule has 19 heavy (non-hydrogen) atoms. The fourth-order valence-electron chi connectivity index (χ4n) is 2.64. The van der Waals surface area contributed by atoms with Crippen LogP contribution in [0.15, 0.2) is 12.1 Å². The maximum atomic E-state index is 4.64. The van der Waals surface area contributed by atoms with E-state index in [1.807, 2.05) is 0 Å². The Morgan fingerprint density at radius 3 is 2.11 bits per heavy atom. The SMILES string of the molecule is Cc1cc(C)c(NC(C)c2nc(C)sc2C)c(C)c1. The summed E-state index contributed by atoms with van der Waals surface area (Å²) < 4.78 is 0. The van der Waals surface area contributed by atoms with Crippen LogP contribution in [0.1, 0.15) is 45.2 Å². The molecule has 0 aliphatic rings. The van der Waals surface area contributed by atoms with E-state index < -0.39 is 0 Å². The zero-order valence-corrected chi connectivity index (χ0v) is 13.4. The van der Waals surface area contributed by atoms with Crippen molar-refractivity contribution in [2.75, 3.05) is 5.32 Å². The Labute approximate surface area is 119 Å². The Bertz CT molecular complexity index is 576. The van der Waals surface area contributed by atoms with Gasteiger partial charge in [-0.2, -0.15) is 0 Å². The Morgan fingerprint density at radius 1 is 1.05 bits per heavy atom. The van der Waals surface area contributed by atoms with Gasteiger partial charge in [-0.05, 0) is 52.7 Å². The van der Waals surface area contributed by atoms with E-state index in [0.717, 1.165) is 5.01 Å². The molecule has 1 aromatic heterocycles. The normalized spacial score (nSPS) is 12.5. The Balaban J connectivity index is 2.29. The number of hydrogen-bond acceptors (Lipinski definition) is 3. The number of anilines is 1. The van der Waals surface area contributed by atoms with E-state index in [1.54, 1.807) is 11.3 Å². The van der Waals surface area contributed by atoms with E-state index in [-0.39, 0.29) is 6.04 Å². The van der Waals surface area contributed by atoms with Gasteiger partial charge in [-0.1, -0.05) is 17.7 Å². The van der Waals surface area contributed by atoms with Crippen LogP contribution < -0.4 is 5.32 Å². The number of nitrogens with zero attached hydrogens (tertiary/aromatic N) is 1. The monoisotopic (exact) mass is 274 g/mol. The summed E-state index contributed by atoms with van der Waals surface area (Å²) in [6.07, 6.45) is 0. The van der Waals surface area contributed by atoms with E-state index >= 15 is 0 Å². The summed E-state index contributed by atoms with van der Waals surface area (Å²) >= 11 is 1.77. The van der Waals surface area contributed by atoms with Crippen LogP contribution in [0.25, 0.3) is 0 Å². The van der Waals surface area contributed by atoms with Crippen molar-refractivity contribution in [1.29, 1.82) is 0 Å². The first-order chi connectivity index (χ1) is 8.88. The number of nitrogens with one attached hydrogen (secondary N) is 1. The minimum atomic E-state index is 0.241. The molecule has 1 aromatic carbocycles. The van der Waals surface area contributed by atoms with Crippen molar-refractivity contribution in [2.45, 2.75) is 47.6 Å². The van der Waals surface area contributed by atoms with Crippen LogP contribution >= 0.6 is 11.3 Å². The highest BCUT2D eigenvalue weighted by atomic mass is 32.1. The van der Waals surface area contributed by atoms with E-state index in [2.05, 4.69) is 64.0 Å². The summed E-state index contributed by atoms with van der Waals surface area (Å²) in [4.78, 5) is 5.94. The number of aromatic nitrogens is 1. The molecule has 0 bridgehead atoms. The quantitative estimate of drug-likeness (QED) is 0.864. The first-order valence-corrected chi connectivity index (χ1v) is 7.48. The first-order valence-electron chi connectivity index (χ1n) is 6.66. The van der Waals surface area contributed by atoms with Crippen molar-refractivity contribution in [1.82, 2.24) is 4.98 Å². The maximum Gasteiger partial charge on any atom is 0.0901 e. The average Bonchev–Trinajstić information content (AvgIpc) is 2.62. The average molecular weight is 274 g/mol. The van der Waals surface area contributed by atoms with Crippen molar-refractivity contribution in [2.24, 2.45) is 0 Å². The number of rotatable bonds is 3. The van der Waals surface area contributed by atoms with Gasteiger partial charge in [-0.15, -0.1) is 11.3 Å². The van der Waals surface area contributed by atoms with Gasteiger partial charge >= 0.3 is 0 Å². The molecule has 0 saturated heterocycles. The zero-order chi connectivity index (χ0) is 14.2. The van der Waals surface area contributed by atoms with E-state index in [1.165, 1.54) is 32.9 Å². The van der Waals surface area contributed by atoms with Crippen LogP contribution in [0.5, 0.6) is 0 Å². The van der Waals surface area contributed by atoms with Crippen LogP contribution in [-0.2, 0) is 0 Å². The number of hydrogen-bond donors (Lipinski definition) is 1. The molecule has 2 nitrogen and oxygen atoms in total. The predicted molar refractivity (Wildman–Crippen MR) is 84.3 cm³/mol. The largest absolute Gasteiger partial charge is 0.376 e. The van der Waals surface area contributed by atoms with Crippen molar-refractivity contribution in [3.8, 4) is 0 Å². The van der Waals surface area contributed by atoms with Crippen molar-refractivity contribution in [3.05, 3.63) is 44.4 Å². The third kappa shape index (κ3) is 2.98. The molecular formula is C16H22N2S. The molecule has 102 valence electrons. The fourth-order valence-corrected chi connectivity index (χ4v) is 3.55. The van der Waals surface area contributed by atoms with E-state index in [9.17, 15) is 0 Å². The molecule has 0 radical (unpaired) electrons. The lowest BCUT2D eigenvalue weighted by Gasteiger charge is -2.19. The predicted octanol–water partition coefficient (Wildman–Crippen LogP) is 4.86. The van der Waals surface area contributed by atoms with Gasteiger partial charge in [0.15, 0.2) is 0 Å². The van der Waals surface area contributed by atoms with Crippen LogP contribution in [0, 0.1) is 34.6 Å². The van der Waals surface area contributed by atoms with Gasteiger partial charge in [0, 0.05) is 10.6 Å². The highest BCUT2D eigenvalue weighted by Gasteiger charge is 2.14. The molecule has 0 fully saturated rings. The summed E-state index contributed by atoms with van der Waals surface area (Å²) in [5, 5.41) is 4.76.